The van der Waals surface area contributed by atoms with E-state index in [4.69, 9.17) is 4.74 Å². The fourth-order valence-electron chi connectivity index (χ4n) is 3.64. The summed E-state index contributed by atoms with van der Waals surface area (Å²) in [5.74, 6) is -0.632. The van der Waals surface area contributed by atoms with Crippen molar-refractivity contribution in [1.82, 2.24) is 4.31 Å². The number of carbonyl (C=O) groups is 1. The number of methoxy groups -OCH3 is 1. The van der Waals surface area contributed by atoms with Crippen molar-refractivity contribution in [3.05, 3.63) is 108 Å². The average Bonchev–Trinajstić information content (AvgIpc) is 3.09. The third-order valence-electron chi connectivity index (χ3n) is 5.20. The maximum Gasteiger partial charge on any atom is 0.271 e. The Bertz CT molecular complexity index is 1200. The Morgan fingerprint density at radius 1 is 0.833 bits per heavy atom. The first-order chi connectivity index (χ1) is 14.4. The van der Waals surface area contributed by atoms with Gasteiger partial charge in [0.15, 0.2) is 0 Å². The zero-order valence-corrected chi connectivity index (χ0v) is 17.5. The molecule has 4 rings (SSSR count). The standard InChI is InChI=1S/C24H21NO4S/c1-18-13-15-21(16-14-18)30(27,28)25-23(26)22(19-9-5-3-6-10-19)17-24(25,29-2)20-11-7-4-8-12-20/h3-17H,1-2H3. The van der Waals surface area contributed by atoms with E-state index in [2.05, 4.69) is 0 Å². The highest BCUT2D eigenvalue weighted by Gasteiger charge is 2.53. The minimum atomic E-state index is -4.21. The van der Waals surface area contributed by atoms with E-state index < -0.39 is 21.7 Å². The van der Waals surface area contributed by atoms with Crippen LogP contribution in [-0.4, -0.2) is 25.7 Å². The van der Waals surface area contributed by atoms with Crippen LogP contribution in [0.1, 0.15) is 16.7 Å². The van der Waals surface area contributed by atoms with Crippen LogP contribution in [0.2, 0.25) is 0 Å². The Balaban J connectivity index is 1.96. The molecule has 0 aromatic heterocycles. The number of sulfonamides is 1. The molecular weight excluding hydrogens is 398 g/mol. The highest BCUT2D eigenvalue weighted by Crippen LogP contribution is 2.44. The van der Waals surface area contributed by atoms with E-state index in [9.17, 15) is 13.2 Å². The summed E-state index contributed by atoms with van der Waals surface area (Å²) in [6, 6.07) is 24.3. The van der Waals surface area contributed by atoms with Gasteiger partial charge in [0.25, 0.3) is 15.9 Å². The highest BCUT2D eigenvalue weighted by molar-refractivity contribution is 7.89. The summed E-state index contributed by atoms with van der Waals surface area (Å²) in [6.45, 7) is 1.87. The highest BCUT2D eigenvalue weighted by atomic mass is 32.2. The second-order valence-corrected chi connectivity index (χ2v) is 8.86. The lowest BCUT2D eigenvalue weighted by atomic mass is 10.0. The molecular formula is C24H21NO4S. The van der Waals surface area contributed by atoms with Gasteiger partial charge in [-0.3, -0.25) is 4.79 Å². The van der Waals surface area contributed by atoms with Gasteiger partial charge in [0, 0.05) is 18.2 Å². The normalized spacial score (nSPS) is 19.1. The molecule has 1 amide bonds. The molecule has 0 spiro atoms. The van der Waals surface area contributed by atoms with Crippen molar-refractivity contribution in [3.63, 3.8) is 0 Å². The zero-order valence-electron chi connectivity index (χ0n) is 16.6. The van der Waals surface area contributed by atoms with Crippen LogP contribution in [0.3, 0.4) is 0 Å². The summed E-state index contributed by atoms with van der Waals surface area (Å²) in [5.41, 5.74) is 0.777. The molecule has 0 fully saturated rings. The number of carbonyl (C=O) groups excluding carboxylic acids is 1. The summed E-state index contributed by atoms with van der Waals surface area (Å²) in [7, 11) is -2.80. The first-order valence-electron chi connectivity index (χ1n) is 9.45. The molecule has 152 valence electrons. The molecule has 3 aromatic rings. The van der Waals surface area contributed by atoms with Gasteiger partial charge in [0.05, 0.1) is 4.90 Å². The van der Waals surface area contributed by atoms with Gasteiger partial charge in [-0.1, -0.05) is 78.4 Å². The Morgan fingerprint density at radius 3 is 1.97 bits per heavy atom. The lowest BCUT2D eigenvalue weighted by Crippen LogP contribution is -2.49. The minimum Gasteiger partial charge on any atom is -0.350 e. The number of aryl methyl sites for hydroxylation is 1. The van der Waals surface area contributed by atoms with Gasteiger partial charge in [-0.05, 0) is 30.7 Å². The van der Waals surface area contributed by atoms with Gasteiger partial charge >= 0.3 is 0 Å². The molecule has 0 N–H and O–H groups in total. The van der Waals surface area contributed by atoms with Gasteiger partial charge < -0.3 is 4.74 Å². The topological polar surface area (TPSA) is 63.7 Å². The number of amides is 1. The third kappa shape index (κ3) is 3.14. The van der Waals surface area contributed by atoms with Crippen molar-refractivity contribution in [2.24, 2.45) is 0 Å². The van der Waals surface area contributed by atoms with Crippen LogP contribution in [0.25, 0.3) is 5.57 Å². The summed E-state index contributed by atoms with van der Waals surface area (Å²) in [5, 5.41) is 0. The Morgan fingerprint density at radius 2 is 1.40 bits per heavy atom. The number of ether oxygens (including phenoxy) is 1. The van der Waals surface area contributed by atoms with Crippen molar-refractivity contribution >= 4 is 21.5 Å². The zero-order chi connectivity index (χ0) is 21.4. The molecule has 6 heteroatoms. The third-order valence-corrected chi connectivity index (χ3v) is 6.98. The molecule has 1 aliphatic rings. The van der Waals surface area contributed by atoms with Gasteiger partial charge in [-0.2, -0.15) is 4.31 Å². The van der Waals surface area contributed by atoms with Crippen molar-refractivity contribution in [2.45, 2.75) is 17.5 Å². The van der Waals surface area contributed by atoms with Gasteiger partial charge in [0.1, 0.15) is 0 Å². The Kier molecular flexibility index (Phi) is 5.05. The molecule has 5 nitrogen and oxygen atoms in total. The molecule has 0 saturated carbocycles. The summed E-state index contributed by atoms with van der Waals surface area (Å²) >= 11 is 0. The maximum absolute atomic E-state index is 13.7. The molecule has 0 radical (unpaired) electrons. The predicted octanol–water partition coefficient (Wildman–Crippen LogP) is 4.11. The van der Waals surface area contributed by atoms with E-state index in [1.54, 1.807) is 66.7 Å². The molecule has 30 heavy (non-hydrogen) atoms. The fourth-order valence-corrected chi connectivity index (χ4v) is 5.24. The summed E-state index contributed by atoms with van der Waals surface area (Å²) in [4.78, 5) is 13.6. The molecule has 1 atom stereocenters. The summed E-state index contributed by atoms with van der Waals surface area (Å²) in [6.07, 6.45) is 1.59. The number of nitrogens with zero attached hydrogens (tertiary/aromatic N) is 1. The maximum atomic E-state index is 13.7. The van der Waals surface area contributed by atoms with E-state index in [0.717, 1.165) is 9.87 Å². The SMILES string of the molecule is COC1(c2ccccc2)C=C(c2ccccc2)C(=O)N1S(=O)(=O)c1ccc(C)cc1. The Hall–Kier alpha value is -3.22. The van der Waals surface area contributed by atoms with Crippen LogP contribution >= 0.6 is 0 Å². The molecule has 1 heterocycles. The van der Waals surface area contributed by atoms with Crippen molar-refractivity contribution in [2.75, 3.05) is 7.11 Å². The van der Waals surface area contributed by atoms with Gasteiger partial charge in [-0.15, -0.1) is 0 Å². The number of rotatable bonds is 5. The second-order valence-electron chi connectivity index (χ2n) is 7.08. The monoisotopic (exact) mass is 419 g/mol. The molecule has 0 saturated heterocycles. The van der Waals surface area contributed by atoms with Crippen LogP contribution in [0.15, 0.2) is 95.9 Å². The van der Waals surface area contributed by atoms with Crippen molar-refractivity contribution in [1.29, 1.82) is 0 Å². The minimum absolute atomic E-state index is 0.0292. The molecule has 1 unspecified atom stereocenters. The van der Waals surface area contributed by atoms with Gasteiger partial charge in [-0.25, -0.2) is 8.42 Å². The van der Waals surface area contributed by atoms with E-state index in [1.165, 1.54) is 19.2 Å². The molecule has 0 bridgehead atoms. The Labute approximate surface area is 176 Å². The van der Waals surface area contributed by atoms with E-state index in [1.807, 2.05) is 19.1 Å². The van der Waals surface area contributed by atoms with E-state index in [0.29, 0.717) is 11.1 Å². The number of benzene rings is 3. The lowest BCUT2D eigenvalue weighted by molar-refractivity contribution is -0.133. The number of hydrogen-bond donors (Lipinski definition) is 0. The molecule has 1 aliphatic heterocycles. The first kappa shape index (κ1) is 20.1. The van der Waals surface area contributed by atoms with Crippen LogP contribution < -0.4 is 0 Å². The van der Waals surface area contributed by atoms with Crippen molar-refractivity contribution < 1.29 is 17.9 Å². The van der Waals surface area contributed by atoms with Crippen LogP contribution in [0, 0.1) is 6.92 Å². The van der Waals surface area contributed by atoms with Crippen molar-refractivity contribution in [3.8, 4) is 0 Å². The largest absolute Gasteiger partial charge is 0.350 e. The first-order valence-corrected chi connectivity index (χ1v) is 10.9. The molecule has 3 aromatic carbocycles. The van der Waals surface area contributed by atoms with Crippen LogP contribution in [-0.2, 0) is 25.3 Å². The predicted molar refractivity (Wildman–Crippen MR) is 115 cm³/mol. The fraction of sp³-hybridized carbons (Fsp3) is 0.125. The quantitative estimate of drug-likeness (QED) is 0.624. The van der Waals surface area contributed by atoms with Crippen LogP contribution in [0.4, 0.5) is 0 Å². The van der Waals surface area contributed by atoms with E-state index >= 15 is 0 Å². The van der Waals surface area contributed by atoms with Gasteiger partial charge in [0.2, 0.25) is 5.72 Å². The summed E-state index contributed by atoms with van der Waals surface area (Å²) < 4.78 is 34.0. The van der Waals surface area contributed by atoms with E-state index in [-0.39, 0.29) is 10.5 Å². The van der Waals surface area contributed by atoms with Crippen LogP contribution in [0.5, 0.6) is 0 Å². The lowest BCUT2D eigenvalue weighted by Gasteiger charge is -2.35. The molecule has 0 aliphatic carbocycles. The number of hydrogen-bond acceptors (Lipinski definition) is 4. The average molecular weight is 420 g/mol. The second kappa shape index (κ2) is 7.55. The smallest absolute Gasteiger partial charge is 0.271 e.